The minimum absolute atomic E-state index is 0.0886. The third kappa shape index (κ3) is 5.63. The van der Waals surface area contributed by atoms with Crippen LogP contribution in [0.5, 0.6) is 11.5 Å². The van der Waals surface area contributed by atoms with E-state index in [2.05, 4.69) is 22.5 Å². The van der Waals surface area contributed by atoms with Crippen LogP contribution in [0.25, 0.3) is 0 Å². The number of ether oxygens (including phenoxy) is 3. The second-order valence-corrected chi connectivity index (χ2v) is 5.78. The van der Waals surface area contributed by atoms with Crippen molar-refractivity contribution in [2.45, 2.75) is 25.4 Å². The number of benzene rings is 1. The Hall–Kier alpha value is -1.95. The number of rotatable bonds is 7. The molecule has 1 aliphatic rings. The van der Waals surface area contributed by atoms with Crippen molar-refractivity contribution in [3.8, 4) is 11.5 Å². The molecule has 0 spiro atoms. The molecule has 6 nitrogen and oxygen atoms in total. The number of nitrogens with zero attached hydrogens (tertiary/aromatic N) is 1. The van der Waals surface area contributed by atoms with Gasteiger partial charge in [-0.05, 0) is 31.9 Å². The molecule has 1 aromatic rings. The van der Waals surface area contributed by atoms with E-state index in [1.54, 1.807) is 14.2 Å². The molecule has 1 aliphatic heterocycles. The summed E-state index contributed by atoms with van der Waals surface area (Å²) in [6.07, 6.45) is 2.20. The van der Waals surface area contributed by atoms with Gasteiger partial charge < -0.3 is 24.8 Å². The van der Waals surface area contributed by atoms with Crippen LogP contribution < -0.4 is 20.1 Å². The maximum Gasteiger partial charge on any atom is 0.191 e. The molecular formula is C17H27N3O3. The number of nitrogens with one attached hydrogen (secondary N) is 2. The van der Waals surface area contributed by atoms with Gasteiger partial charge in [0.2, 0.25) is 0 Å². The van der Waals surface area contributed by atoms with Crippen molar-refractivity contribution in [3.63, 3.8) is 0 Å². The normalized spacial score (nSPS) is 21.1. The molecule has 6 heteroatoms. The Morgan fingerprint density at radius 3 is 2.87 bits per heavy atom. The summed E-state index contributed by atoms with van der Waals surface area (Å²) in [6, 6.07) is 7.58. The van der Waals surface area contributed by atoms with Crippen molar-refractivity contribution in [2.24, 2.45) is 4.99 Å². The fraction of sp³-hybridized carbons (Fsp3) is 0.588. The first-order valence-corrected chi connectivity index (χ1v) is 8.00. The highest BCUT2D eigenvalue weighted by Crippen LogP contribution is 2.23. The number of guanidine groups is 1. The summed E-state index contributed by atoms with van der Waals surface area (Å²) in [7, 11) is 3.40. The van der Waals surface area contributed by atoms with Crippen LogP contribution in [0, 0.1) is 0 Å². The zero-order chi connectivity index (χ0) is 16.5. The van der Waals surface area contributed by atoms with Crippen LogP contribution in [0.1, 0.15) is 19.8 Å². The standard InChI is InChI=1S/C17H27N3O3/c1-17(8-5-10-23-17)13-20-16(18-2)19-9-11-22-15-7-4-6-14(12-15)21-3/h4,6-7,12H,5,8-11,13H2,1-3H3,(H2,18,19,20). The Morgan fingerprint density at radius 2 is 2.17 bits per heavy atom. The average molecular weight is 321 g/mol. The fourth-order valence-electron chi connectivity index (χ4n) is 2.50. The molecule has 0 amide bonds. The summed E-state index contributed by atoms with van der Waals surface area (Å²) < 4.78 is 16.6. The first kappa shape index (κ1) is 17.4. The van der Waals surface area contributed by atoms with Gasteiger partial charge >= 0.3 is 0 Å². The quantitative estimate of drug-likeness (QED) is 0.455. The van der Waals surface area contributed by atoms with E-state index < -0.39 is 0 Å². The van der Waals surface area contributed by atoms with Crippen LogP contribution in [0.15, 0.2) is 29.3 Å². The lowest BCUT2D eigenvalue weighted by Gasteiger charge is -2.24. The van der Waals surface area contributed by atoms with E-state index in [4.69, 9.17) is 14.2 Å². The Kier molecular flexibility index (Phi) is 6.52. The van der Waals surface area contributed by atoms with Crippen molar-refractivity contribution >= 4 is 5.96 Å². The zero-order valence-electron chi connectivity index (χ0n) is 14.2. The van der Waals surface area contributed by atoms with E-state index >= 15 is 0 Å². The fourth-order valence-corrected chi connectivity index (χ4v) is 2.50. The van der Waals surface area contributed by atoms with Gasteiger partial charge in [-0.2, -0.15) is 0 Å². The van der Waals surface area contributed by atoms with Crippen LogP contribution >= 0.6 is 0 Å². The van der Waals surface area contributed by atoms with E-state index in [0.29, 0.717) is 13.2 Å². The third-order valence-corrected chi connectivity index (χ3v) is 3.86. The van der Waals surface area contributed by atoms with E-state index in [1.165, 1.54) is 0 Å². The number of aliphatic imine (C=N–C) groups is 1. The van der Waals surface area contributed by atoms with Gasteiger partial charge in [-0.25, -0.2) is 0 Å². The first-order chi connectivity index (χ1) is 11.1. The van der Waals surface area contributed by atoms with E-state index in [0.717, 1.165) is 43.5 Å². The highest BCUT2D eigenvalue weighted by Gasteiger charge is 2.29. The number of hydrogen-bond donors (Lipinski definition) is 2. The summed E-state index contributed by atoms with van der Waals surface area (Å²) in [5, 5.41) is 6.54. The molecule has 2 N–H and O–H groups in total. The summed E-state index contributed by atoms with van der Waals surface area (Å²) >= 11 is 0. The molecule has 0 radical (unpaired) electrons. The molecule has 0 saturated carbocycles. The smallest absolute Gasteiger partial charge is 0.191 e. The van der Waals surface area contributed by atoms with Gasteiger partial charge in [0.25, 0.3) is 0 Å². The Balaban J connectivity index is 1.67. The Morgan fingerprint density at radius 1 is 1.35 bits per heavy atom. The van der Waals surface area contributed by atoms with Gasteiger partial charge in [-0.1, -0.05) is 6.07 Å². The van der Waals surface area contributed by atoms with Crippen molar-refractivity contribution in [2.75, 3.05) is 40.5 Å². The van der Waals surface area contributed by atoms with E-state index in [-0.39, 0.29) is 5.60 Å². The lowest BCUT2D eigenvalue weighted by Crippen LogP contribution is -2.46. The molecule has 0 aromatic heterocycles. The van der Waals surface area contributed by atoms with Crippen molar-refractivity contribution in [1.29, 1.82) is 0 Å². The maximum absolute atomic E-state index is 5.76. The van der Waals surface area contributed by atoms with Gasteiger partial charge in [-0.15, -0.1) is 0 Å². The molecule has 2 rings (SSSR count). The van der Waals surface area contributed by atoms with Crippen LogP contribution in [0.3, 0.4) is 0 Å². The summed E-state index contributed by atoms with van der Waals surface area (Å²) in [4.78, 5) is 4.22. The molecule has 1 fully saturated rings. The summed E-state index contributed by atoms with van der Waals surface area (Å²) in [6.45, 7) is 4.93. The van der Waals surface area contributed by atoms with Crippen molar-refractivity contribution in [3.05, 3.63) is 24.3 Å². The molecule has 23 heavy (non-hydrogen) atoms. The first-order valence-electron chi connectivity index (χ1n) is 8.00. The zero-order valence-corrected chi connectivity index (χ0v) is 14.2. The van der Waals surface area contributed by atoms with Crippen LogP contribution in [-0.4, -0.2) is 52.0 Å². The molecule has 0 bridgehead atoms. The van der Waals surface area contributed by atoms with Crippen LogP contribution in [-0.2, 0) is 4.74 Å². The summed E-state index contributed by atoms with van der Waals surface area (Å²) in [5.74, 6) is 2.34. The Bertz CT molecular complexity index is 514. The maximum atomic E-state index is 5.76. The SMILES string of the molecule is CN=C(NCCOc1cccc(OC)c1)NCC1(C)CCCO1. The monoisotopic (exact) mass is 321 g/mol. The number of hydrogen-bond acceptors (Lipinski definition) is 4. The molecule has 1 aromatic carbocycles. The van der Waals surface area contributed by atoms with Gasteiger partial charge in [0.05, 0.1) is 19.3 Å². The van der Waals surface area contributed by atoms with Crippen molar-refractivity contribution < 1.29 is 14.2 Å². The second kappa shape index (κ2) is 8.62. The van der Waals surface area contributed by atoms with Crippen molar-refractivity contribution in [1.82, 2.24) is 10.6 Å². The molecule has 128 valence electrons. The second-order valence-electron chi connectivity index (χ2n) is 5.78. The highest BCUT2D eigenvalue weighted by molar-refractivity contribution is 5.79. The summed E-state index contributed by atoms with van der Waals surface area (Å²) in [5.41, 5.74) is -0.0886. The molecular weight excluding hydrogens is 294 g/mol. The van der Waals surface area contributed by atoms with Gasteiger partial charge in [-0.3, -0.25) is 4.99 Å². The number of methoxy groups -OCH3 is 1. The van der Waals surface area contributed by atoms with Crippen LogP contribution in [0.4, 0.5) is 0 Å². The van der Waals surface area contributed by atoms with Gasteiger partial charge in [0.1, 0.15) is 18.1 Å². The predicted molar refractivity (Wildman–Crippen MR) is 91.4 cm³/mol. The molecule has 1 heterocycles. The van der Waals surface area contributed by atoms with E-state index in [1.807, 2.05) is 24.3 Å². The van der Waals surface area contributed by atoms with Gasteiger partial charge in [0, 0.05) is 26.3 Å². The minimum atomic E-state index is -0.0886. The lowest BCUT2D eigenvalue weighted by atomic mass is 10.0. The van der Waals surface area contributed by atoms with Gasteiger partial charge in [0.15, 0.2) is 5.96 Å². The third-order valence-electron chi connectivity index (χ3n) is 3.86. The minimum Gasteiger partial charge on any atom is -0.497 e. The molecule has 1 unspecified atom stereocenters. The lowest BCUT2D eigenvalue weighted by molar-refractivity contribution is 0.0243. The molecule has 1 saturated heterocycles. The largest absolute Gasteiger partial charge is 0.497 e. The Labute approximate surface area is 138 Å². The predicted octanol–water partition coefficient (Wildman–Crippen LogP) is 1.81. The molecule has 1 atom stereocenters. The topological polar surface area (TPSA) is 64.1 Å². The van der Waals surface area contributed by atoms with E-state index in [9.17, 15) is 0 Å². The average Bonchev–Trinajstić information content (AvgIpc) is 3.01. The molecule has 0 aliphatic carbocycles. The highest BCUT2D eigenvalue weighted by atomic mass is 16.5. The van der Waals surface area contributed by atoms with Crippen LogP contribution in [0.2, 0.25) is 0 Å².